The lowest BCUT2D eigenvalue weighted by molar-refractivity contribution is -0.144. The topological polar surface area (TPSA) is 134 Å². The Hall–Kier alpha value is -4.96. The normalized spacial score (nSPS) is 18.0. The maximum Gasteiger partial charge on any atom is 0.414 e. The number of rotatable bonds is 8. The molecule has 1 fully saturated rings. The second-order valence-corrected chi connectivity index (χ2v) is 10.3. The number of aromatic nitrogens is 1. The van der Waals surface area contributed by atoms with Gasteiger partial charge in [0.15, 0.2) is 11.2 Å². The minimum absolute atomic E-state index is 0.0890. The van der Waals surface area contributed by atoms with Crippen LogP contribution in [0, 0.1) is 0 Å². The average Bonchev–Trinajstić information content (AvgIpc) is 3.69. The number of carbonyl (C=O) groups is 3. The Labute approximate surface area is 235 Å². The largest absolute Gasteiger partial charge is 0.479 e. The predicted octanol–water partition coefficient (Wildman–Crippen LogP) is 4.49. The molecule has 1 atom stereocenters. The smallest absolute Gasteiger partial charge is 0.414 e. The van der Waals surface area contributed by atoms with E-state index in [4.69, 9.17) is 9.26 Å². The number of nitrogens with zero attached hydrogens (tertiary/aromatic N) is 2. The third kappa shape index (κ3) is 5.29. The summed E-state index contributed by atoms with van der Waals surface area (Å²) < 4.78 is 10.6. The quantitative estimate of drug-likeness (QED) is 0.291. The number of likely N-dealkylation sites (tertiary alicyclic amines) is 1. The zero-order valence-electron chi connectivity index (χ0n) is 22.1. The van der Waals surface area contributed by atoms with E-state index in [1.807, 2.05) is 71.6 Å². The van der Waals surface area contributed by atoms with Gasteiger partial charge < -0.3 is 19.7 Å². The first-order valence-electron chi connectivity index (χ1n) is 13.3. The summed E-state index contributed by atoms with van der Waals surface area (Å²) in [5.41, 5.74) is 3.84. The number of carboxylic acids is 1. The molecular formula is C31H28N4O6. The van der Waals surface area contributed by atoms with Crippen molar-refractivity contribution in [3.63, 3.8) is 0 Å². The molecule has 0 radical (unpaired) electrons. The summed E-state index contributed by atoms with van der Waals surface area (Å²) in [7, 11) is 0. The predicted molar refractivity (Wildman–Crippen MR) is 149 cm³/mol. The average molecular weight is 553 g/mol. The number of aliphatic carboxylic acids is 1. The molecule has 0 saturated carbocycles. The summed E-state index contributed by atoms with van der Waals surface area (Å²) in [6, 6.07) is 27.0. The number of anilines is 1. The van der Waals surface area contributed by atoms with Crippen LogP contribution in [0.15, 0.2) is 89.5 Å². The van der Waals surface area contributed by atoms with E-state index in [0.717, 1.165) is 27.8 Å². The van der Waals surface area contributed by atoms with Crippen molar-refractivity contribution in [3.05, 3.63) is 107 Å². The van der Waals surface area contributed by atoms with Crippen LogP contribution in [0.2, 0.25) is 0 Å². The van der Waals surface area contributed by atoms with Gasteiger partial charge in [-0.25, -0.2) is 9.59 Å². The van der Waals surface area contributed by atoms with Gasteiger partial charge in [0.05, 0.1) is 0 Å². The Morgan fingerprint density at radius 1 is 0.976 bits per heavy atom. The van der Waals surface area contributed by atoms with Gasteiger partial charge in [-0.1, -0.05) is 84.0 Å². The molecule has 10 nitrogen and oxygen atoms in total. The summed E-state index contributed by atoms with van der Waals surface area (Å²) in [6.07, 6.45) is -0.520. The van der Waals surface area contributed by atoms with Crippen LogP contribution in [0.5, 0.6) is 0 Å². The van der Waals surface area contributed by atoms with Gasteiger partial charge >= 0.3 is 12.1 Å². The van der Waals surface area contributed by atoms with E-state index < -0.39 is 23.5 Å². The molecule has 10 heteroatoms. The number of nitrogens with one attached hydrogen (secondary N) is 2. The third-order valence-electron chi connectivity index (χ3n) is 7.67. The molecule has 2 aliphatic rings. The molecule has 1 aliphatic heterocycles. The van der Waals surface area contributed by atoms with Gasteiger partial charge in [-0.05, 0) is 34.2 Å². The van der Waals surface area contributed by atoms with Gasteiger partial charge in [-0.2, -0.15) is 0 Å². The molecule has 208 valence electrons. The number of benzene rings is 3. The van der Waals surface area contributed by atoms with Crippen LogP contribution in [-0.4, -0.2) is 58.4 Å². The van der Waals surface area contributed by atoms with Crippen molar-refractivity contribution in [2.75, 3.05) is 25.0 Å². The van der Waals surface area contributed by atoms with Gasteiger partial charge in [0.25, 0.3) is 5.91 Å². The number of fused-ring (bicyclic) bond motifs is 3. The molecule has 2 heterocycles. The first-order valence-corrected chi connectivity index (χ1v) is 13.3. The van der Waals surface area contributed by atoms with Crippen LogP contribution in [0.4, 0.5) is 10.7 Å². The minimum atomic E-state index is -1.47. The molecule has 0 spiro atoms. The first kappa shape index (κ1) is 26.3. The van der Waals surface area contributed by atoms with E-state index in [0.29, 0.717) is 13.1 Å². The Balaban J connectivity index is 1.06. The zero-order chi connectivity index (χ0) is 28.4. The summed E-state index contributed by atoms with van der Waals surface area (Å²) >= 11 is 0. The van der Waals surface area contributed by atoms with E-state index >= 15 is 0 Å². The highest BCUT2D eigenvalue weighted by molar-refractivity contribution is 5.97. The van der Waals surface area contributed by atoms with E-state index in [1.165, 1.54) is 6.07 Å². The van der Waals surface area contributed by atoms with E-state index in [1.54, 1.807) is 0 Å². The van der Waals surface area contributed by atoms with Crippen LogP contribution in [0.25, 0.3) is 11.1 Å². The number of hydrogen-bond acceptors (Lipinski definition) is 7. The van der Waals surface area contributed by atoms with Crippen molar-refractivity contribution >= 4 is 23.9 Å². The number of amides is 2. The van der Waals surface area contributed by atoms with Crippen molar-refractivity contribution in [1.29, 1.82) is 0 Å². The van der Waals surface area contributed by atoms with Gasteiger partial charge in [0.1, 0.15) is 6.61 Å². The fourth-order valence-corrected chi connectivity index (χ4v) is 5.65. The van der Waals surface area contributed by atoms with Crippen molar-refractivity contribution in [2.24, 2.45) is 0 Å². The standard InChI is InChI=1S/C31H28N4O6/c36-28(33-31(29(37)38)14-15-35(19-31)17-20-8-2-1-3-9-20)26-16-27(41-34-26)32-30(39)40-18-25-23-12-6-4-10-21(23)22-11-5-7-13-24(22)25/h1-13,16,25H,14-15,17-19H2,(H,32,39)(H,33,36)(H,37,38). The molecule has 3 aromatic carbocycles. The molecule has 2 amide bonds. The first-order chi connectivity index (χ1) is 19.9. The fraction of sp³-hybridized carbons (Fsp3) is 0.226. The van der Waals surface area contributed by atoms with Gasteiger partial charge in [0, 0.05) is 31.6 Å². The molecular weight excluding hydrogens is 524 g/mol. The number of hydrogen-bond donors (Lipinski definition) is 3. The molecule has 0 bridgehead atoms. The molecule has 1 unspecified atom stereocenters. The van der Waals surface area contributed by atoms with Gasteiger partial charge in [-0.15, -0.1) is 0 Å². The summed E-state index contributed by atoms with van der Waals surface area (Å²) in [6.45, 7) is 1.34. The lowest BCUT2D eigenvalue weighted by Gasteiger charge is -2.25. The van der Waals surface area contributed by atoms with Crippen molar-refractivity contribution < 1.29 is 28.8 Å². The Kier molecular flexibility index (Phi) is 6.98. The van der Waals surface area contributed by atoms with Crippen molar-refractivity contribution in [3.8, 4) is 11.1 Å². The maximum atomic E-state index is 12.9. The maximum absolute atomic E-state index is 12.9. The Morgan fingerprint density at radius 3 is 2.32 bits per heavy atom. The van der Waals surface area contributed by atoms with Gasteiger partial charge in [0.2, 0.25) is 5.88 Å². The molecule has 3 N–H and O–H groups in total. The van der Waals surface area contributed by atoms with Crippen LogP contribution in [0.1, 0.15) is 39.5 Å². The highest BCUT2D eigenvalue weighted by Gasteiger charge is 2.46. The minimum Gasteiger partial charge on any atom is -0.479 e. The summed E-state index contributed by atoms with van der Waals surface area (Å²) in [5, 5.41) is 18.8. The van der Waals surface area contributed by atoms with Crippen LogP contribution >= 0.6 is 0 Å². The number of ether oxygens (including phenoxy) is 1. The lowest BCUT2D eigenvalue weighted by Crippen LogP contribution is -2.56. The molecule has 41 heavy (non-hydrogen) atoms. The third-order valence-corrected chi connectivity index (χ3v) is 7.67. The van der Waals surface area contributed by atoms with Crippen LogP contribution < -0.4 is 10.6 Å². The highest BCUT2D eigenvalue weighted by atomic mass is 16.6. The SMILES string of the molecule is O=C(Nc1cc(C(=O)NC2(C(=O)O)CCN(Cc3ccccc3)C2)no1)OCC1c2ccccc2-c2ccccc21. The van der Waals surface area contributed by atoms with Crippen molar-refractivity contribution in [1.82, 2.24) is 15.4 Å². The fourth-order valence-electron chi connectivity index (χ4n) is 5.65. The van der Waals surface area contributed by atoms with Crippen LogP contribution in [-0.2, 0) is 16.1 Å². The number of carboxylic acid groups (broad SMARTS) is 1. The second kappa shape index (κ2) is 10.9. The molecule has 1 aromatic heterocycles. The second-order valence-electron chi connectivity index (χ2n) is 10.3. The Bertz CT molecular complexity index is 1560. The van der Waals surface area contributed by atoms with Crippen molar-refractivity contribution in [2.45, 2.75) is 24.4 Å². The van der Waals surface area contributed by atoms with E-state index in [2.05, 4.69) is 27.9 Å². The zero-order valence-corrected chi connectivity index (χ0v) is 22.1. The van der Waals surface area contributed by atoms with E-state index in [9.17, 15) is 19.5 Å². The molecule has 1 aliphatic carbocycles. The van der Waals surface area contributed by atoms with E-state index in [-0.39, 0.29) is 37.1 Å². The number of carbonyl (C=O) groups excluding carboxylic acids is 2. The van der Waals surface area contributed by atoms with Crippen LogP contribution in [0.3, 0.4) is 0 Å². The molecule has 1 saturated heterocycles. The lowest BCUT2D eigenvalue weighted by atomic mass is 9.98. The summed E-state index contributed by atoms with van der Waals surface area (Å²) in [5.74, 6) is -2.03. The monoisotopic (exact) mass is 552 g/mol. The summed E-state index contributed by atoms with van der Waals surface area (Å²) in [4.78, 5) is 39.7. The molecule has 6 rings (SSSR count). The Morgan fingerprint density at radius 2 is 1.63 bits per heavy atom. The molecule has 4 aromatic rings. The highest BCUT2D eigenvalue weighted by Crippen LogP contribution is 2.44. The van der Waals surface area contributed by atoms with Gasteiger partial charge in [-0.3, -0.25) is 15.0 Å².